The number of benzene rings is 3. The number of hydrogen-bond donors (Lipinski definition) is 0. The molecule has 0 spiro atoms. The minimum Gasteiger partial charge on any atom is -0.442 e. The molecule has 0 fully saturated rings. The van der Waals surface area contributed by atoms with Gasteiger partial charge < -0.3 is 9.30 Å². The van der Waals surface area contributed by atoms with E-state index in [2.05, 4.69) is 51.4 Å². The number of anilines is 1. The van der Waals surface area contributed by atoms with Crippen LogP contribution in [0.1, 0.15) is 56.9 Å². The van der Waals surface area contributed by atoms with Crippen LogP contribution >= 0.6 is 0 Å². The normalized spacial score (nSPS) is 13.4. The number of rotatable bonds is 7. The second-order valence-corrected chi connectivity index (χ2v) is 12.6. The molecule has 5 rings (SSSR count). The first-order chi connectivity index (χ1) is 21.4. The molecule has 2 aromatic heterocycles. The van der Waals surface area contributed by atoms with Gasteiger partial charge in [-0.15, -0.1) is 4.99 Å². The van der Waals surface area contributed by atoms with Crippen molar-refractivity contribution in [3.8, 4) is 0 Å². The van der Waals surface area contributed by atoms with Gasteiger partial charge in [-0.3, -0.25) is 14.3 Å². The molecule has 0 bridgehead atoms. The first-order valence-corrected chi connectivity index (χ1v) is 15.0. The van der Waals surface area contributed by atoms with Crippen LogP contribution in [-0.4, -0.2) is 36.7 Å². The summed E-state index contributed by atoms with van der Waals surface area (Å²) < 4.78 is 9.67. The highest BCUT2D eigenvalue weighted by molar-refractivity contribution is 5.91. The summed E-state index contributed by atoms with van der Waals surface area (Å²) in [5.41, 5.74) is 4.32. The largest absolute Gasteiger partial charge is 0.442 e. The lowest BCUT2D eigenvalue weighted by Crippen LogP contribution is -2.57. The molecule has 0 aliphatic carbocycles. The van der Waals surface area contributed by atoms with Crippen molar-refractivity contribution in [2.45, 2.75) is 72.7 Å². The van der Waals surface area contributed by atoms with Gasteiger partial charge in [0.2, 0.25) is 17.5 Å². The van der Waals surface area contributed by atoms with Crippen molar-refractivity contribution in [3.05, 3.63) is 119 Å². The molecule has 9 heteroatoms. The molecule has 0 radical (unpaired) electrons. The zero-order chi connectivity index (χ0) is 32.4. The van der Waals surface area contributed by atoms with Crippen LogP contribution in [0.4, 0.5) is 10.7 Å². The van der Waals surface area contributed by atoms with Crippen LogP contribution in [-0.2, 0) is 28.2 Å². The van der Waals surface area contributed by atoms with E-state index < -0.39 is 17.4 Å². The first-order valence-electron chi connectivity index (χ1n) is 15.0. The second-order valence-electron chi connectivity index (χ2n) is 12.6. The maximum absolute atomic E-state index is 13.7. The topological polar surface area (TPSA) is 94.6 Å². The molecule has 0 saturated heterocycles. The van der Waals surface area contributed by atoms with Crippen molar-refractivity contribution in [3.63, 3.8) is 0 Å². The fourth-order valence-electron chi connectivity index (χ4n) is 5.65. The molecule has 1 unspecified atom stereocenters. The molecule has 2 amide bonds. The van der Waals surface area contributed by atoms with Crippen molar-refractivity contribution >= 4 is 29.0 Å². The second kappa shape index (κ2) is 12.5. The van der Waals surface area contributed by atoms with Crippen LogP contribution in [0.2, 0.25) is 0 Å². The molecule has 0 N–H and O–H groups in total. The number of para-hydroxylation sites is 2. The minimum atomic E-state index is -1.17. The number of fused-ring (bicyclic) bond motifs is 1. The van der Waals surface area contributed by atoms with E-state index >= 15 is 0 Å². The number of aromatic nitrogens is 4. The molecule has 1 atom stereocenters. The Morgan fingerprint density at radius 2 is 1.36 bits per heavy atom. The van der Waals surface area contributed by atoms with Gasteiger partial charge >= 0.3 is 6.09 Å². The fourth-order valence-corrected chi connectivity index (χ4v) is 5.65. The van der Waals surface area contributed by atoms with Gasteiger partial charge in [0.15, 0.2) is 0 Å². The SMILES string of the molecule is CC(=O)N(c1ncccn1)C(C)(Cc1ccc(C)cc1)n1c(=NC(=O)OC(C)(C)C)n(Cc2ccc(C)cc2)c2ccccc21. The molecule has 2 heterocycles. The Hall–Kier alpha value is -5.05. The van der Waals surface area contributed by atoms with Crippen LogP contribution in [0.25, 0.3) is 11.0 Å². The predicted molar refractivity (Wildman–Crippen MR) is 176 cm³/mol. The Labute approximate surface area is 263 Å². The number of aryl methyl sites for hydroxylation is 2. The first kappa shape index (κ1) is 31.4. The third-order valence-corrected chi connectivity index (χ3v) is 7.59. The standard InChI is InChI=1S/C36H40N6O3/c1-25-13-17-28(18-14-25)23-36(7,41(27(3)43)32-37-21-10-22-38-32)42-31-12-9-8-11-30(31)40(24-29-19-15-26(2)16-20-29)33(42)39-34(44)45-35(4,5)6/h8-22H,23-24H2,1-7H3. The zero-order valence-corrected chi connectivity index (χ0v) is 27.0. The van der Waals surface area contributed by atoms with E-state index in [0.717, 1.165) is 33.3 Å². The van der Waals surface area contributed by atoms with Crippen LogP contribution in [0.15, 0.2) is 96.2 Å². The summed E-state index contributed by atoms with van der Waals surface area (Å²) in [4.78, 5) is 42.4. The lowest BCUT2D eigenvalue weighted by atomic mass is 9.97. The molecule has 5 aromatic rings. The predicted octanol–water partition coefficient (Wildman–Crippen LogP) is 6.70. The average Bonchev–Trinajstić information content (AvgIpc) is 3.28. The Kier molecular flexibility index (Phi) is 8.73. The van der Waals surface area contributed by atoms with Crippen LogP contribution < -0.4 is 10.5 Å². The number of imidazole rings is 1. The Morgan fingerprint density at radius 3 is 1.91 bits per heavy atom. The van der Waals surface area contributed by atoms with Gasteiger partial charge in [-0.25, -0.2) is 14.8 Å². The minimum absolute atomic E-state index is 0.241. The van der Waals surface area contributed by atoms with E-state index in [1.54, 1.807) is 23.4 Å². The maximum atomic E-state index is 13.7. The average molecular weight is 605 g/mol. The lowest BCUT2D eigenvalue weighted by molar-refractivity contribution is -0.118. The third kappa shape index (κ3) is 6.87. The molecule has 9 nitrogen and oxygen atoms in total. The van der Waals surface area contributed by atoms with Crippen LogP contribution in [0.5, 0.6) is 0 Å². The van der Waals surface area contributed by atoms with E-state index in [0.29, 0.717) is 18.6 Å². The zero-order valence-electron chi connectivity index (χ0n) is 27.0. The van der Waals surface area contributed by atoms with Crippen molar-refractivity contribution < 1.29 is 14.3 Å². The molecular formula is C36H40N6O3. The number of nitrogens with zero attached hydrogens (tertiary/aromatic N) is 6. The Bertz CT molecular complexity index is 1880. The smallest absolute Gasteiger partial charge is 0.437 e. The summed E-state index contributed by atoms with van der Waals surface area (Å²) in [6.45, 7) is 13.4. The number of carbonyl (C=O) groups is 2. The molecule has 3 aromatic carbocycles. The van der Waals surface area contributed by atoms with Gasteiger partial charge in [-0.2, -0.15) is 0 Å². The number of amides is 2. The maximum Gasteiger partial charge on any atom is 0.437 e. The van der Waals surface area contributed by atoms with Gasteiger partial charge in [0.25, 0.3) is 0 Å². The number of ether oxygens (including phenoxy) is 1. The van der Waals surface area contributed by atoms with Crippen LogP contribution in [0, 0.1) is 13.8 Å². The van der Waals surface area contributed by atoms with Crippen molar-refractivity contribution in [2.24, 2.45) is 4.99 Å². The summed E-state index contributed by atoms with van der Waals surface area (Å²) in [5.74, 6) is -0.0207. The summed E-state index contributed by atoms with van der Waals surface area (Å²) in [6.07, 6.45) is 2.86. The highest BCUT2D eigenvalue weighted by atomic mass is 16.6. The van der Waals surface area contributed by atoms with E-state index in [1.807, 2.05) is 87.1 Å². The van der Waals surface area contributed by atoms with Crippen molar-refractivity contribution in [1.82, 2.24) is 19.1 Å². The lowest BCUT2D eigenvalue weighted by Gasteiger charge is -2.41. The van der Waals surface area contributed by atoms with E-state index in [4.69, 9.17) is 4.74 Å². The Morgan fingerprint density at radius 1 is 0.800 bits per heavy atom. The van der Waals surface area contributed by atoms with Crippen molar-refractivity contribution in [1.29, 1.82) is 0 Å². The summed E-state index contributed by atoms with van der Waals surface area (Å²) in [7, 11) is 0. The number of hydrogen-bond acceptors (Lipinski definition) is 5. The fraction of sp³-hybridized carbons (Fsp3) is 0.306. The molecular weight excluding hydrogens is 564 g/mol. The molecule has 0 aliphatic rings. The molecule has 232 valence electrons. The molecule has 0 saturated carbocycles. The number of carbonyl (C=O) groups excluding carboxylic acids is 2. The van der Waals surface area contributed by atoms with Crippen molar-refractivity contribution in [2.75, 3.05) is 4.90 Å². The van der Waals surface area contributed by atoms with Gasteiger partial charge in [-0.1, -0.05) is 71.8 Å². The summed E-state index contributed by atoms with van der Waals surface area (Å²) in [5, 5.41) is 0. The van der Waals surface area contributed by atoms with E-state index in [1.165, 1.54) is 6.92 Å². The molecule has 0 aliphatic heterocycles. The van der Waals surface area contributed by atoms with E-state index in [9.17, 15) is 9.59 Å². The van der Waals surface area contributed by atoms with Gasteiger partial charge in [0.1, 0.15) is 11.3 Å². The molecule has 45 heavy (non-hydrogen) atoms. The monoisotopic (exact) mass is 604 g/mol. The van der Waals surface area contributed by atoms with E-state index in [-0.39, 0.29) is 11.9 Å². The van der Waals surface area contributed by atoms with Gasteiger partial charge in [0, 0.05) is 25.7 Å². The summed E-state index contributed by atoms with van der Waals surface area (Å²) >= 11 is 0. The summed E-state index contributed by atoms with van der Waals surface area (Å²) in [6, 6.07) is 26.0. The Balaban J connectivity index is 1.88. The quantitative estimate of drug-likeness (QED) is 0.206. The highest BCUT2D eigenvalue weighted by Crippen LogP contribution is 2.33. The third-order valence-electron chi connectivity index (χ3n) is 7.59. The highest BCUT2D eigenvalue weighted by Gasteiger charge is 2.41. The van der Waals surface area contributed by atoms with Gasteiger partial charge in [0.05, 0.1) is 17.6 Å². The van der Waals surface area contributed by atoms with Crippen LogP contribution in [0.3, 0.4) is 0 Å². The van der Waals surface area contributed by atoms with Gasteiger partial charge in [-0.05, 0) is 70.9 Å².